The Morgan fingerprint density at radius 1 is 1.04 bits per heavy atom. The molecule has 0 spiro atoms. The van der Waals surface area contributed by atoms with Crippen molar-refractivity contribution in [2.24, 2.45) is 0 Å². The van der Waals surface area contributed by atoms with Crippen molar-refractivity contribution in [2.45, 2.75) is 63.3 Å². The molecule has 1 N–H and O–H groups in total. The molecule has 1 aromatic rings. The summed E-state index contributed by atoms with van der Waals surface area (Å²) in [5.41, 5.74) is 2.21. The van der Waals surface area contributed by atoms with Gasteiger partial charge in [-0.25, -0.2) is 0 Å². The van der Waals surface area contributed by atoms with Crippen LogP contribution in [-0.4, -0.2) is 11.8 Å². The lowest BCUT2D eigenvalue weighted by Crippen LogP contribution is -2.36. The maximum atomic E-state index is 12.7. The number of rotatable bonds is 3. The van der Waals surface area contributed by atoms with Gasteiger partial charge in [-0.2, -0.15) is 5.26 Å². The van der Waals surface area contributed by atoms with Crippen LogP contribution >= 0.6 is 0 Å². The number of nitriles is 1. The molecule has 1 fully saturated rings. The summed E-state index contributed by atoms with van der Waals surface area (Å²) in [6.45, 7) is 0. The number of nitrogens with zero attached hydrogens (tertiary/aromatic N) is 1. The van der Waals surface area contributed by atoms with Crippen LogP contribution in [0.2, 0.25) is 0 Å². The molecule has 0 amide bonds. The van der Waals surface area contributed by atoms with Crippen LogP contribution in [0.1, 0.15) is 62.8 Å². The van der Waals surface area contributed by atoms with Crippen LogP contribution in [0.15, 0.2) is 53.1 Å². The quantitative estimate of drug-likeness (QED) is 0.876. The first kappa shape index (κ1) is 16.9. The number of benzene rings is 1. The Labute approximate surface area is 154 Å². The second kappa shape index (κ2) is 7.37. The largest absolute Gasteiger partial charge is 0.444 e. The zero-order chi connectivity index (χ0) is 17.9. The maximum Gasteiger partial charge on any atom is 0.207 e. The molecule has 4 heteroatoms. The fourth-order valence-corrected chi connectivity index (χ4v) is 4.35. The van der Waals surface area contributed by atoms with Crippen LogP contribution in [0.4, 0.5) is 0 Å². The Hall–Kier alpha value is -2.54. The molecular formula is C22H24N2O2. The van der Waals surface area contributed by atoms with E-state index in [1.807, 2.05) is 30.3 Å². The second-order valence-corrected chi connectivity index (χ2v) is 7.39. The van der Waals surface area contributed by atoms with Crippen molar-refractivity contribution in [3.8, 4) is 6.07 Å². The van der Waals surface area contributed by atoms with Crippen molar-refractivity contribution >= 4 is 5.78 Å². The molecule has 26 heavy (non-hydrogen) atoms. The van der Waals surface area contributed by atoms with Gasteiger partial charge in [-0.3, -0.25) is 4.79 Å². The van der Waals surface area contributed by atoms with E-state index in [0.29, 0.717) is 29.5 Å². The number of carbonyl (C=O) groups is 1. The monoisotopic (exact) mass is 348 g/mol. The number of hydrogen-bond acceptors (Lipinski definition) is 4. The summed E-state index contributed by atoms with van der Waals surface area (Å²) in [5.74, 6) is 1.13. The first-order valence-corrected chi connectivity index (χ1v) is 9.67. The highest BCUT2D eigenvalue weighted by atomic mass is 16.5. The molecule has 1 aliphatic heterocycles. The number of ether oxygens (including phenoxy) is 1. The van der Waals surface area contributed by atoms with Gasteiger partial charge < -0.3 is 10.1 Å². The zero-order valence-electron chi connectivity index (χ0n) is 15.0. The third-order valence-electron chi connectivity index (χ3n) is 5.65. The van der Waals surface area contributed by atoms with Gasteiger partial charge in [0.25, 0.3) is 0 Å². The van der Waals surface area contributed by atoms with Crippen LogP contribution in [0.5, 0.6) is 0 Å². The van der Waals surface area contributed by atoms with Gasteiger partial charge in [0.2, 0.25) is 5.88 Å². The Morgan fingerprint density at radius 3 is 2.54 bits per heavy atom. The summed E-state index contributed by atoms with van der Waals surface area (Å²) < 4.78 is 6.12. The maximum absolute atomic E-state index is 12.7. The van der Waals surface area contributed by atoms with Crippen LogP contribution in [0.25, 0.3) is 0 Å². The van der Waals surface area contributed by atoms with E-state index in [1.54, 1.807) is 0 Å². The SMILES string of the molecule is N#CC1=C(NC2CCCCC2)OC2=C(C(=O)CCC2)C1c1ccccc1. The molecule has 3 aliphatic rings. The van der Waals surface area contributed by atoms with Crippen molar-refractivity contribution in [3.05, 3.63) is 58.7 Å². The molecule has 0 bridgehead atoms. The van der Waals surface area contributed by atoms with Gasteiger partial charge in [-0.1, -0.05) is 49.6 Å². The Morgan fingerprint density at radius 2 is 1.81 bits per heavy atom. The van der Waals surface area contributed by atoms with Gasteiger partial charge in [0.05, 0.1) is 5.92 Å². The Bertz CT molecular complexity index is 795. The first-order chi connectivity index (χ1) is 12.8. The molecular weight excluding hydrogens is 324 g/mol. The lowest BCUT2D eigenvalue weighted by molar-refractivity contribution is -0.116. The minimum absolute atomic E-state index is 0.115. The van der Waals surface area contributed by atoms with E-state index < -0.39 is 0 Å². The van der Waals surface area contributed by atoms with Crippen molar-refractivity contribution in [1.29, 1.82) is 5.26 Å². The topological polar surface area (TPSA) is 62.1 Å². The van der Waals surface area contributed by atoms with Crippen LogP contribution in [-0.2, 0) is 9.53 Å². The van der Waals surface area contributed by atoms with Crippen molar-refractivity contribution < 1.29 is 9.53 Å². The Kier molecular flexibility index (Phi) is 4.79. The highest BCUT2D eigenvalue weighted by molar-refractivity contribution is 5.99. The second-order valence-electron chi connectivity index (χ2n) is 7.39. The third kappa shape index (κ3) is 3.14. The average molecular weight is 348 g/mol. The van der Waals surface area contributed by atoms with Gasteiger partial charge in [-0.15, -0.1) is 0 Å². The summed E-state index contributed by atoms with van der Waals surface area (Å²) >= 11 is 0. The van der Waals surface area contributed by atoms with Crippen molar-refractivity contribution in [2.75, 3.05) is 0 Å². The van der Waals surface area contributed by atoms with Crippen LogP contribution in [0.3, 0.4) is 0 Å². The van der Waals surface area contributed by atoms with E-state index in [4.69, 9.17) is 4.74 Å². The molecule has 2 aliphatic carbocycles. The summed E-state index contributed by atoms with van der Waals surface area (Å²) in [4.78, 5) is 12.7. The average Bonchev–Trinajstić information content (AvgIpc) is 2.69. The number of Topliss-reactive ketones (excluding diaryl/α,β-unsaturated/α-hetero) is 1. The molecule has 1 heterocycles. The fourth-order valence-electron chi connectivity index (χ4n) is 4.35. The lowest BCUT2D eigenvalue weighted by atomic mass is 9.77. The zero-order valence-corrected chi connectivity index (χ0v) is 15.0. The van der Waals surface area contributed by atoms with Crippen molar-refractivity contribution in [3.63, 3.8) is 0 Å². The molecule has 1 saturated carbocycles. The number of nitrogens with one attached hydrogen (secondary N) is 1. The molecule has 134 valence electrons. The molecule has 4 nitrogen and oxygen atoms in total. The van der Waals surface area contributed by atoms with Gasteiger partial charge in [0, 0.05) is 24.5 Å². The standard InChI is InChI=1S/C22H24N2O2/c23-14-17-20(15-8-3-1-4-9-15)21-18(25)12-7-13-19(21)26-22(17)24-16-10-5-2-6-11-16/h1,3-4,8-9,16,20,24H,2,5-7,10-13H2. The van der Waals surface area contributed by atoms with Gasteiger partial charge in [-0.05, 0) is 24.8 Å². The van der Waals surface area contributed by atoms with E-state index in [9.17, 15) is 10.1 Å². The lowest BCUT2D eigenvalue weighted by Gasteiger charge is -2.34. The highest BCUT2D eigenvalue weighted by Crippen LogP contribution is 2.44. The van der Waals surface area contributed by atoms with Crippen LogP contribution in [0, 0.1) is 11.3 Å². The van der Waals surface area contributed by atoms with E-state index >= 15 is 0 Å². The molecule has 1 unspecified atom stereocenters. The molecule has 1 atom stereocenters. The third-order valence-corrected chi connectivity index (χ3v) is 5.65. The number of carbonyl (C=O) groups excluding carboxylic acids is 1. The molecule has 0 radical (unpaired) electrons. The fraction of sp³-hybridized carbons (Fsp3) is 0.455. The molecule has 4 rings (SSSR count). The predicted octanol–water partition coefficient (Wildman–Crippen LogP) is 4.46. The smallest absolute Gasteiger partial charge is 0.207 e. The first-order valence-electron chi connectivity index (χ1n) is 9.67. The highest BCUT2D eigenvalue weighted by Gasteiger charge is 2.39. The van der Waals surface area contributed by atoms with E-state index in [2.05, 4.69) is 11.4 Å². The summed E-state index contributed by atoms with van der Waals surface area (Å²) in [7, 11) is 0. The van der Waals surface area contributed by atoms with Gasteiger partial charge >= 0.3 is 0 Å². The van der Waals surface area contributed by atoms with Crippen molar-refractivity contribution in [1.82, 2.24) is 5.32 Å². The number of allylic oxidation sites excluding steroid dienone is 3. The molecule has 1 aromatic carbocycles. The number of hydrogen-bond donors (Lipinski definition) is 1. The van der Waals surface area contributed by atoms with E-state index in [1.165, 1.54) is 19.3 Å². The van der Waals surface area contributed by atoms with E-state index in [-0.39, 0.29) is 11.7 Å². The summed E-state index contributed by atoms with van der Waals surface area (Å²) in [6.07, 6.45) is 8.02. The molecule has 0 saturated heterocycles. The van der Waals surface area contributed by atoms with Crippen LogP contribution < -0.4 is 5.32 Å². The molecule has 0 aromatic heterocycles. The minimum Gasteiger partial charge on any atom is -0.444 e. The number of ketones is 1. The summed E-state index contributed by atoms with van der Waals surface area (Å²) in [6, 6.07) is 12.6. The predicted molar refractivity (Wildman–Crippen MR) is 98.8 cm³/mol. The summed E-state index contributed by atoms with van der Waals surface area (Å²) in [5, 5.41) is 13.4. The van der Waals surface area contributed by atoms with Gasteiger partial charge in [0.1, 0.15) is 17.4 Å². The van der Waals surface area contributed by atoms with Gasteiger partial charge in [0.15, 0.2) is 5.78 Å². The minimum atomic E-state index is -0.316. The Balaban J connectivity index is 1.76. The normalized spacial score (nSPS) is 24.0. The van der Waals surface area contributed by atoms with E-state index in [0.717, 1.165) is 37.0 Å².